The molecule has 1 atom stereocenters. The van der Waals surface area contributed by atoms with Gasteiger partial charge in [0.25, 0.3) is 0 Å². The van der Waals surface area contributed by atoms with Gasteiger partial charge in [-0.2, -0.15) is 0 Å². The first-order chi connectivity index (χ1) is 37.0. The molecule has 6 nitrogen and oxygen atoms in total. The summed E-state index contributed by atoms with van der Waals surface area (Å²) in [5.74, 6) is -0.929. The van der Waals surface area contributed by atoms with E-state index in [1.165, 1.54) is 212 Å². The molecule has 0 spiro atoms. The van der Waals surface area contributed by atoms with Gasteiger partial charge in [0.15, 0.2) is 6.10 Å². The summed E-state index contributed by atoms with van der Waals surface area (Å²) < 4.78 is 16.8. The van der Waals surface area contributed by atoms with Crippen LogP contribution in [0.5, 0.6) is 0 Å². The maximum absolute atomic E-state index is 12.8. The van der Waals surface area contributed by atoms with E-state index in [9.17, 15) is 14.4 Å². The lowest BCUT2D eigenvalue weighted by atomic mass is 10.0. The van der Waals surface area contributed by atoms with Crippen LogP contribution in [0.15, 0.2) is 60.8 Å². The third kappa shape index (κ3) is 61.8. The molecular formula is C69H124O6. The standard InChI is InChI=1S/C69H124O6/c1-4-7-10-13-16-19-22-24-26-27-28-29-30-31-32-33-34-35-36-37-38-39-40-41-43-44-47-50-53-56-59-62-68(71)74-65-66(64-73-67(70)61-58-55-52-49-46-21-18-15-12-9-6-3)75-69(72)63-60-57-54-51-48-45-42-25-23-20-17-14-11-8-5-2/h8,11,15,17-18,20,25,42,48,51,66H,4-7,9-10,12-14,16,19,21-24,26-41,43-47,49-50,52-65H2,1-3H3/b11-8-,18-15-,20-17-,42-25-,51-48-. The Kier molecular flexibility index (Phi) is 61.2. The molecule has 0 radical (unpaired) electrons. The van der Waals surface area contributed by atoms with Gasteiger partial charge in [0.1, 0.15) is 13.2 Å². The molecule has 0 rings (SSSR count). The molecular weight excluding hydrogens is 925 g/mol. The van der Waals surface area contributed by atoms with Gasteiger partial charge in [-0.25, -0.2) is 0 Å². The number of carbonyl (C=O) groups is 3. The van der Waals surface area contributed by atoms with Gasteiger partial charge in [0.05, 0.1) is 0 Å². The van der Waals surface area contributed by atoms with Gasteiger partial charge in [-0.15, -0.1) is 0 Å². The number of hydrogen-bond acceptors (Lipinski definition) is 6. The smallest absolute Gasteiger partial charge is 0.306 e. The second-order valence-electron chi connectivity index (χ2n) is 22.0. The number of rotatable bonds is 60. The molecule has 0 aliphatic heterocycles. The summed E-state index contributed by atoms with van der Waals surface area (Å²) in [6.45, 7) is 6.49. The number of unbranched alkanes of at least 4 members (excludes halogenated alkanes) is 39. The number of esters is 3. The van der Waals surface area contributed by atoms with Gasteiger partial charge in [0, 0.05) is 19.3 Å². The minimum Gasteiger partial charge on any atom is -0.462 e. The van der Waals surface area contributed by atoms with Crippen molar-refractivity contribution in [2.24, 2.45) is 0 Å². The number of ether oxygens (including phenoxy) is 3. The molecule has 0 saturated heterocycles. The molecule has 1 unspecified atom stereocenters. The van der Waals surface area contributed by atoms with Crippen molar-refractivity contribution >= 4 is 17.9 Å². The van der Waals surface area contributed by atoms with E-state index in [2.05, 4.69) is 81.5 Å². The molecule has 6 heteroatoms. The Morgan fingerprint density at radius 3 is 0.893 bits per heavy atom. The summed E-state index contributed by atoms with van der Waals surface area (Å²) in [4.78, 5) is 38.2. The van der Waals surface area contributed by atoms with Crippen LogP contribution in [0.3, 0.4) is 0 Å². The van der Waals surface area contributed by atoms with Gasteiger partial charge in [-0.1, -0.05) is 306 Å². The van der Waals surface area contributed by atoms with Gasteiger partial charge < -0.3 is 14.2 Å². The minimum atomic E-state index is -0.798. The maximum Gasteiger partial charge on any atom is 0.306 e. The van der Waals surface area contributed by atoms with E-state index in [1.807, 2.05) is 0 Å². The van der Waals surface area contributed by atoms with Crippen LogP contribution in [-0.4, -0.2) is 37.2 Å². The Balaban J connectivity index is 4.11. The second-order valence-corrected chi connectivity index (χ2v) is 22.0. The molecule has 0 aliphatic rings. The van der Waals surface area contributed by atoms with Crippen LogP contribution >= 0.6 is 0 Å². The molecule has 0 saturated carbocycles. The van der Waals surface area contributed by atoms with Crippen LogP contribution in [0.25, 0.3) is 0 Å². The number of hydrogen-bond donors (Lipinski definition) is 0. The quantitative estimate of drug-likeness (QED) is 0.0261. The minimum absolute atomic E-state index is 0.0910. The average Bonchev–Trinajstić information content (AvgIpc) is 3.41. The average molecular weight is 1050 g/mol. The van der Waals surface area contributed by atoms with E-state index in [4.69, 9.17) is 14.2 Å². The van der Waals surface area contributed by atoms with Crippen LogP contribution in [0.4, 0.5) is 0 Å². The fraction of sp³-hybridized carbons (Fsp3) is 0.812. The molecule has 0 aliphatic carbocycles. The summed E-state index contributed by atoms with van der Waals surface area (Å²) in [7, 11) is 0. The van der Waals surface area contributed by atoms with Gasteiger partial charge >= 0.3 is 17.9 Å². The molecule has 0 bridgehead atoms. The molecule has 0 aromatic heterocycles. The van der Waals surface area contributed by atoms with Crippen molar-refractivity contribution in [3.05, 3.63) is 60.8 Å². The normalized spacial score (nSPS) is 12.4. The lowest BCUT2D eigenvalue weighted by Crippen LogP contribution is -2.30. The van der Waals surface area contributed by atoms with E-state index in [0.717, 1.165) is 83.5 Å². The molecule has 0 aromatic carbocycles. The van der Waals surface area contributed by atoms with Crippen LogP contribution in [0.2, 0.25) is 0 Å². The number of carbonyl (C=O) groups excluding carboxylic acids is 3. The highest BCUT2D eigenvalue weighted by Gasteiger charge is 2.19. The molecule has 0 aromatic rings. The Morgan fingerprint density at radius 1 is 0.280 bits per heavy atom. The van der Waals surface area contributed by atoms with Crippen molar-refractivity contribution < 1.29 is 28.6 Å². The first-order valence-electron chi connectivity index (χ1n) is 32.8. The van der Waals surface area contributed by atoms with E-state index < -0.39 is 6.10 Å². The van der Waals surface area contributed by atoms with Crippen molar-refractivity contribution in [1.82, 2.24) is 0 Å². The summed E-state index contributed by atoms with van der Waals surface area (Å²) in [6, 6.07) is 0. The van der Waals surface area contributed by atoms with E-state index in [1.54, 1.807) is 0 Å². The van der Waals surface area contributed by atoms with E-state index in [0.29, 0.717) is 19.3 Å². The van der Waals surface area contributed by atoms with Gasteiger partial charge in [-0.05, 0) is 77.0 Å². The Morgan fingerprint density at radius 2 is 0.533 bits per heavy atom. The zero-order valence-electron chi connectivity index (χ0n) is 50.1. The third-order valence-electron chi connectivity index (χ3n) is 14.5. The molecule has 0 N–H and O–H groups in total. The zero-order valence-corrected chi connectivity index (χ0v) is 50.1. The lowest BCUT2D eigenvalue weighted by molar-refractivity contribution is -0.167. The van der Waals surface area contributed by atoms with Crippen molar-refractivity contribution in [2.45, 2.75) is 348 Å². The summed E-state index contributed by atoms with van der Waals surface area (Å²) >= 11 is 0. The largest absolute Gasteiger partial charge is 0.462 e. The highest BCUT2D eigenvalue weighted by Crippen LogP contribution is 2.18. The molecule has 436 valence electrons. The summed E-state index contributed by atoms with van der Waals surface area (Å²) in [5.41, 5.74) is 0. The molecule has 0 fully saturated rings. The van der Waals surface area contributed by atoms with Crippen molar-refractivity contribution in [1.29, 1.82) is 0 Å². The monoisotopic (exact) mass is 1050 g/mol. The van der Waals surface area contributed by atoms with Crippen molar-refractivity contribution in [3.8, 4) is 0 Å². The zero-order chi connectivity index (χ0) is 54.3. The lowest BCUT2D eigenvalue weighted by Gasteiger charge is -2.18. The first-order valence-corrected chi connectivity index (χ1v) is 32.8. The molecule has 0 heterocycles. The molecule has 0 amide bonds. The predicted molar refractivity (Wildman–Crippen MR) is 325 cm³/mol. The SMILES string of the molecule is CC/C=C\C/C=C\C/C=C\C/C=C\CCCCC(=O)OC(COC(=O)CCCCCCC/C=C\CCCC)COC(=O)CCCCCCCCCCCCCCCCCCCCCCCCCCCCCCCCC. The van der Waals surface area contributed by atoms with E-state index >= 15 is 0 Å². The number of allylic oxidation sites excluding steroid dienone is 10. The van der Waals surface area contributed by atoms with Crippen LogP contribution in [-0.2, 0) is 28.6 Å². The van der Waals surface area contributed by atoms with Crippen molar-refractivity contribution in [3.63, 3.8) is 0 Å². The molecule has 75 heavy (non-hydrogen) atoms. The fourth-order valence-electron chi connectivity index (χ4n) is 9.59. The summed E-state index contributed by atoms with van der Waals surface area (Å²) in [5, 5.41) is 0. The summed E-state index contributed by atoms with van der Waals surface area (Å²) in [6.07, 6.45) is 81.3. The highest BCUT2D eigenvalue weighted by atomic mass is 16.6. The Hall–Kier alpha value is -2.89. The van der Waals surface area contributed by atoms with Crippen LogP contribution in [0.1, 0.15) is 342 Å². The third-order valence-corrected chi connectivity index (χ3v) is 14.5. The topological polar surface area (TPSA) is 78.9 Å². The second kappa shape index (κ2) is 63.6. The van der Waals surface area contributed by atoms with E-state index in [-0.39, 0.29) is 37.5 Å². The Bertz CT molecular complexity index is 1340. The fourth-order valence-corrected chi connectivity index (χ4v) is 9.59. The first kappa shape index (κ1) is 72.1. The van der Waals surface area contributed by atoms with Crippen LogP contribution < -0.4 is 0 Å². The van der Waals surface area contributed by atoms with Crippen molar-refractivity contribution in [2.75, 3.05) is 13.2 Å². The van der Waals surface area contributed by atoms with Crippen LogP contribution in [0, 0.1) is 0 Å². The van der Waals surface area contributed by atoms with Gasteiger partial charge in [-0.3, -0.25) is 14.4 Å². The maximum atomic E-state index is 12.8. The highest BCUT2D eigenvalue weighted by molar-refractivity contribution is 5.71. The van der Waals surface area contributed by atoms with Gasteiger partial charge in [0.2, 0.25) is 0 Å². The Labute approximate surface area is 466 Å². The predicted octanol–water partition coefficient (Wildman–Crippen LogP) is 22.3.